The Hall–Kier alpha value is -2.29. The van der Waals surface area contributed by atoms with Crippen molar-refractivity contribution in [3.63, 3.8) is 0 Å². The van der Waals surface area contributed by atoms with Crippen LogP contribution in [0.2, 0.25) is 0 Å². The molecule has 0 saturated heterocycles. The van der Waals surface area contributed by atoms with Gasteiger partial charge in [0.25, 0.3) is 5.91 Å². The van der Waals surface area contributed by atoms with Gasteiger partial charge in [-0.3, -0.25) is 4.79 Å². The summed E-state index contributed by atoms with van der Waals surface area (Å²) >= 11 is 1.49. The lowest BCUT2D eigenvalue weighted by Crippen LogP contribution is -2.30. The molecule has 3 rings (SSSR count). The number of thiazole rings is 1. The Kier molecular flexibility index (Phi) is 7.13. The lowest BCUT2D eigenvalue weighted by molar-refractivity contribution is 0.0997. The molecular formula is C23H29N3O3S2. The monoisotopic (exact) mass is 459 g/mol. The highest BCUT2D eigenvalue weighted by atomic mass is 32.2. The van der Waals surface area contributed by atoms with Gasteiger partial charge in [-0.05, 0) is 54.8 Å². The van der Waals surface area contributed by atoms with Gasteiger partial charge in [0.05, 0.1) is 15.1 Å². The third kappa shape index (κ3) is 4.66. The molecule has 0 unspecified atom stereocenters. The van der Waals surface area contributed by atoms with Crippen molar-refractivity contribution in [3.05, 3.63) is 58.4 Å². The van der Waals surface area contributed by atoms with E-state index in [1.165, 1.54) is 45.5 Å². The van der Waals surface area contributed by atoms with Crippen molar-refractivity contribution in [1.29, 1.82) is 0 Å². The number of carbonyl (C=O) groups is 1. The van der Waals surface area contributed by atoms with E-state index < -0.39 is 10.0 Å². The van der Waals surface area contributed by atoms with Crippen LogP contribution in [0.5, 0.6) is 0 Å². The van der Waals surface area contributed by atoms with E-state index in [0.29, 0.717) is 35.9 Å². The summed E-state index contributed by atoms with van der Waals surface area (Å²) in [4.78, 5) is 18.0. The maximum Gasteiger partial charge on any atom is 0.279 e. The predicted molar refractivity (Wildman–Crippen MR) is 126 cm³/mol. The number of fused-ring (bicyclic) bond motifs is 1. The van der Waals surface area contributed by atoms with Gasteiger partial charge in [-0.1, -0.05) is 45.1 Å². The average Bonchev–Trinajstić information content (AvgIpc) is 3.10. The molecule has 0 radical (unpaired) electrons. The third-order valence-corrected chi connectivity index (χ3v) is 8.44. The van der Waals surface area contributed by atoms with Crippen molar-refractivity contribution >= 4 is 37.5 Å². The van der Waals surface area contributed by atoms with Gasteiger partial charge < -0.3 is 4.57 Å². The maximum atomic E-state index is 12.8. The van der Waals surface area contributed by atoms with Crippen molar-refractivity contribution in [2.75, 3.05) is 13.1 Å². The van der Waals surface area contributed by atoms with Crippen LogP contribution in [0.3, 0.4) is 0 Å². The molecule has 6 nitrogen and oxygen atoms in total. The Balaban J connectivity index is 1.98. The number of benzene rings is 2. The highest BCUT2D eigenvalue weighted by Gasteiger charge is 2.21. The number of aromatic nitrogens is 1. The van der Waals surface area contributed by atoms with Crippen molar-refractivity contribution in [1.82, 2.24) is 8.87 Å². The molecule has 0 spiro atoms. The Morgan fingerprint density at radius 1 is 1.06 bits per heavy atom. The zero-order valence-electron chi connectivity index (χ0n) is 18.6. The normalized spacial score (nSPS) is 12.9. The smallest absolute Gasteiger partial charge is 0.279 e. The fourth-order valence-corrected chi connectivity index (χ4v) is 6.07. The Bertz CT molecular complexity index is 1250. The summed E-state index contributed by atoms with van der Waals surface area (Å²) in [7, 11) is -3.55. The summed E-state index contributed by atoms with van der Waals surface area (Å²) in [6.07, 6.45) is 0. The van der Waals surface area contributed by atoms with Gasteiger partial charge in [0.2, 0.25) is 10.0 Å². The van der Waals surface area contributed by atoms with Crippen molar-refractivity contribution < 1.29 is 13.2 Å². The van der Waals surface area contributed by atoms with Gasteiger partial charge in [-0.2, -0.15) is 9.30 Å². The lowest BCUT2D eigenvalue weighted by Gasteiger charge is -2.18. The highest BCUT2D eigenvalue weighted by molar-refractivity contribution is 7.89. The maximum absolute atomic E-state index is 12.8. The minimum atomic E-state index is -3.55. The van der Waals surface area contributed by atoms with Gasteiger partial charge in [-0.15, -0.1) is 0 Å². The minimum Gasteiger partial charge on any atom is -0.317 e. The second-order valence-electron chi connectivity index (χ2n) is 7.54. The van der Waals surface area contributed by atoms with Crippen molar-refractivity contribution in [2.45, 2.75) is 52.0 Å². The second-order valence-corrected chi connectivity index (χ2v) is 10.5. The zero-order valence-corrected chi connectivity index (χ0v) is 20.3. The fraction of sp³-hybridized carbons (Fsp3) is 0.391. The number of aryl methyl sites for hydroxylation is 1. The molecule has 0 N–H and O–H groups in total. The average molecular weight is 460 g/mol. The van der Waals surface area contributed by atoms with E-state index in [9.17, 15) is 13.2 Å². The molecule has 0 aliphatic rings. The van der Waals surface area contributed by atoms with Gasteiger partial charge in [0, 0.05) is 25.2 Å². The van der Waals surface area contributed by atoms with E-state index in [-0.39, 0.29) is 10.8 Å². The molecule has 31 heavy (non-hydrogen) atoms. The second kappa shape index (κ2) is 9.46. The van der Waals surface area contributed by atoms with Crippen LogP contribution >= 0.6 is 11.3 Å². The molecule has 0 aliphatic carbocycles. The van der Waals surface area contributed by atoms with E-state index in [0.717, 1.165) is 10.2 Å². The highest BCUT2D eigenvalue weighted by Crippen LogP contribution is 2.24. The Morgan fingerprint density at radius 2 is 1.71 bits per heavy atom. The summed E-state index contributed by atoms with van der Waals surface area (Å²) in [6, 6.07) is 12.4. The Morgan fingerprint density at radius 3 is 2.26 bits per heavy atom. The minimum absolute atomic E-state index is 0.180. The van der Waals surface area contributed by atoms with Gasteiger partial charge >= 0.3 is 0 Å². The molecule has 0 saturated carbocycles. The first kappa shape index (κ1) is 23.4. The molecule has 1 heterocycles. The Labute approximate surface area is 187 Å². The summed E-state index contributed by atoms with van der Waals surface area (Å²) in [5, 5.41) is 0. The van der Waals surface area contributed by atoms with Crippen LogP contribution < -0.4 is 4.80 Å². The zero-order chi connectivity index (χ0) is 22.8. The number of hydrogen-bond acceptors (Lipinski definition) is 4. The quantitative estimate of drug-likeness (QED) is 0.518. The largest absolute Gasteiger partial charge is 0.317 e. The van der Waals surface area contributed by atoms with E-state index in [4.69, 9.17) is 0 Å². The summed E-state index contributed by atoms with van der Waals surface area (Å²) in [5.41, 5.74) is 2.67. The number of amides is 1. The molecule has 3 aromatic rings. The molecule has 0 bridgehead atoms. The molecule has 0 aliphatic heterocycles. The fourth-order valence-electron chi connectivity index (χ4n) is 3.47. The number of nitrogens with zero attached hydrogens (tertiary/aromatic N) is 3. The standard InChI is InChI=1S/C23H29N3O3S2/c1-6-25(7-2)31(28,29)19-12-9-17(10-13-19)22(27)24-23-26(8-3)20-14-11-18(16(4)5)15-21(20)30-23/h9-16H,6-8H2,1-5H3. The van der Waals surface area contributed by atoms with Gasteiger partial charge in [-0.25, -0.2) is 8.42 Å². The molecular weight excluding hydrogens is 430 g/mol. The number of carbonyl (C=O) groups excluding carboxylic acids is 1. The number of hydrogen-bond donors (Lipinski definition) is 0. The third-order valence-electron chi connectivity index (χ3n) is 5.33. The first-order valence-electron chi connectivity index (χ1n) is 10.5. The summed E-state index contributed by atoms with van der Waals surface area (Å²) in [5.74, 6) is 0.0411. The van der Waals surface area contributed by atoms with Crippen LogP contribution in [0.4, 0.5) is 0 Å². The van der Waals surface area contributed by atoms with E-state index in [1.807, 2.05) is 11.5 Å². The molecule has 0 atom stereocenters. The first-order valence-corrected chi connectivity index (χ1v) is 12.8. The molecule has 8 heteroatoms. The first-order chi connectivity index (χ1) is 14.7. The van der Waals surface area contributed by atoms with Crippen molar-refractivity contribution in [3.8, 4) is 0 Å². The molecule has 2 aromatic carbocycles. The summed E-state index contributed by atoms with van der Waals surface area (Å²) < 4.78 is 29.8. The van der Waals surface area contributed by atoms with Crippen LogP contribution in [0.15, 0.2) is 52.4 Å². The molecule has 166 valence electrons. The molecule has 1 aromatic heterocycles. The number of rotatable bonds is 7. The number of sulfonamides is 1. The van der Waals surface area contributed by atoms with Crippen LogP contribution in [0, 0.1) is 0 Å². The van der Waals surface area contributed by atoms with Crippen molar-refractivity contribution in [2.24, 2.45) is 4.99 Å². The van der Waals surface area contributed by atoms with Crippen LogP contribution in [-0.2, 0) is 16.6 Å². The predicted octanol–water partition coefficient (Wildman–Crippen LogP) is 4.62. The van der Waals surface area contributed by atoms with Crippen LogP contribution in [0.25, 0.3) is 10.2 Å². The van der Waals surface area contributed by atoms with E-state index in [2.05, 4.69) is 37.0 Å². The lowest BCUT2D eigenvalue weighted by atomic mass is 10.0. The molecule has 0 fully saturated rings. The van der Waals surface area contributed by atoms with E-state index >= 15 is 0 Å². The summed E-state index contributed by atoms with van der Waals surface area (Å²) in [6.45, 7) is 11.4. The van der Waals surface area contributed by atoms with Crippen LogP contribution in [0.1, 0.15) is 56.5 Å². The van der Waals surface area contributed by atoms with Gasteiger partial charge in [0.1, 0.15) is 0 Å². The topological polar surface area (TPSA) is 71.7 Å². The van der Waals surface area contributed by atoms with Gasteiger partial charge in [0.15, 0.2) is 4.80 Å². The van der Waals surface area contributed by atoms with Crippen LogP contribution in [-0.4, -0.2) is 36.3 Å². The SMILES string of the molecule is CCN(CC)S(=O)(=O)c1ccc(C(=O)N=c2sc3cc(C(C)C)ccc3n2CC)cc1. The molecule has 1 amide bonds. The van der Waals surface area contributed by atoms with E-state index in [1.54, 1.807) is 13.8 Å².